The highest BCUT2D eigenvalue weighted by Crippen LogP contribution is 2.37. The minimum Gasteiger partial charge on any atom is -0.383 e. The van der Waals surface area contributed by atoms with E-state index >= 15 is 0 Å². The fourth-order valence-corrected chi connectivity index (χ4v) is 2.96. The summed E-state index contributed by atoms with van der Waals surface area (Å²) in [5.41, 5.74) is 5.92. The Labute approximate surface area is 94.0 Å². The van der Waals surface area contributed by atoms with Gasteiger partial charge in [-0.1, -0.05) is 11.6 Å². The van der Waals surface area contributed by atoms with Crippen LogP contribution in [0.25, 0.3) is 0 Å². The van der Waals surface area contributed by atoms with Crippen LogP contribution in [0.5, 0.6) is 0 Å². The molecule has 1 aromatic heterocycles. The number of nitrogens with zero attached hydrogens (tertiary/aromatic N) is 3. The standard InChI is InChI=1S/C10H15ClN4/c11-8-5-13-15(10(8)12)9-6-14-3-1-7(9)2-4-14/h5,7,9H,1-4,6,12H2. The first-order chi connectivity index (χ1) is 7.25. The van der Waals surface area contributed by atoms with Gasteiger partial charge in [0.25, 0.3) is 0 Å². The SMILES string of the molecule is Nc1c(Cl)cnn1C1CN2CCC1CC2. The van der Waals surface area contributed by atoms with Gasteiger partial charge in [-0.05, 0) is 31.8 Å². The first kappa shape index (κ1) is 9.48. The molecule has 1 unspecified atom stereocenters. The van der Waals surface area contributed by atoms with Crippen LogP contribution in [0.3, 0.4) is 0 Å². The number of fused-ring (bicyclic) bond motifs is 3. The second-order valence-electron chi connectivity index (χ2n) is 4.53. The Morgan fingerprint density at radius 1 is 1.40 bits per heavy atom. The number of hydrogen-bond donors (Lipinski definition) is 1. The molecular formula is C10H15ClN4. The molecule has 0 radical (unpaired) electrons. The van der Waals surface area contributed by atoms with Gasteiger partial charge in [-0.2, -0.15) is 5.10 Å². The topological polar surface area (TPSA) is 47.1 Å². The Morgan fingerprint density at radius 2 is 2.13 bits per heavy atom. The largest absolute Gasteiger partial charge is 0.383 e. The number of nitrogen functional groups attached to an aromatic ring is 1. The third-order valence-electron chi connectivity index (χ3n) is 3.72. The van der Waals surface area contributed by atoms with Gasteiger partial charge >= 0.3 is 0 Å². The number of piperidine rings is 3. The van der Waals surface area contributed by atoms with Crippen LogP contribution in [0.4, 0.5) is 5.82 Å². The smallest absolute Gasteiger partial charge is 0.140 e. The lowest BCUT2D eigenvalue weighted by Gasteiger charge is -2.44. The van der Waals surface area contributed by atoms with Gasteiger partial charge < -0.3 is 10.6 Å². The van der Waals surface area contributed by atoms with Crippen LogP contribution >= 0.6 is 11.6 Å². The third-order valence-corrected chi connectivity index (χ3v) is 4.01. The lowest BCUT2D eigenvalue weighted by atomic mass is 9.84. The summed E-state index contributed by atoms with van der Waals surface area (Å²) in [5.74, 6) is 1.35. The molecule has 3 saturated heterocycles. The molecular weight excluding hydrogens is 212 g/mol. The van der Waals surface area contributed by atoms with E-state index in [0.717, 1.165) is 12.5 Å². The maximum absolute atomic E-state index is 5.93. The van der Waals surface area contributed by atoms with Gasteiger partial charge in [0, 0.05) is 6.54 Å². The van der Waals surface area contributed by atoms with Gasteiger partial charge in [0.05, 0.1) is 12.2 Å². The molecule has 0 aromatic carbocycles. The number of rotatable bonds is 1. The number of nitrogens with two attached hydrogens (primary N) is 1. The Morgan fingerprint density at radius 3 is 2.60 bits per heavy atom. The minimum atomic E-state index is 0.431. The molecule has 4 heterocycles. The highest BCUT2D eigenvalue weighted by molar-refractivity contribution is 6.32. The van der Waals surface area contributed by atoms with Crippen molar-refractivity contribution in [1.82, 2.24) is 14.7 Å². The fourth-order valence-electron chi connectivity index (χ4n) is 2.83. The van der Waals surface area contributed by atoms with Crippen molar-refractivity contribution in [2.45, 2.75) is 18.9 Å². The highest BCUT2D eigenvalue weighted by atomic mass is 35.5. The van der Waals surface area contributed by atoms with E-state index in [2.05, 4.69) is 10.00 Å². The Balaban J connectivity index is 1.91. The van der Waals surface area contributed by atoms with E-state index < -0.39 is 0 Å². The van der Waals surface area contributed by atoms with E-state index in [1.54, 1.807) is 6.20 Å². The van der Waals surface area contributed by atoms with Gasteiger partial charge in [-0.25, -0.2) is 4.68 Å². The Hall–Kier alpha value is -0.740. The van der Waals surface area contributed by atoms with Gasteiger partial charge in [-0.15, -0.1) is 0 Å². The molecule has 2 N–H and O–H groups in total. The molecule has 3 fully saturated rings. The Kier molecular flexibility index (Phi) is 2.14. The molecule has 2 bridgehead atoms. The summed E-state index contributed by atoms with van der Waals surface area (Å²) in [7, 11) is 0. The number of halogens is 1. The lowest BCUT2D eigenvalue weighted by Crippen LogP contribution is -2.48. The molecule has 1 atom stereocenters. The molecule has 4 nitrogen and oxygen atoms in total. The summed E-state index contributed by atoms with van der Waals surface area (Å²) in [6.45, 7) is 3.54. The van der Waals surface area contributed by atoms with Crippen molar-refractivity contribution in [2.24, 2.45) is 5.92 Å². The fraction of sp³-hybridized carbons (Fsp3) is 0.700. The molecule has 3 aliphatic rings. The van der Waals surface area contributed by atoms with Crippen LogP contribution in [0, 0.1) is 5.92 Å². The number of hydrogen-bond acceptors (Lipinski definition) is 3. The quantitative estimate of drug-likeness (QED) is 0.787. The monoisotopic (exact) mass is 226 g/mol. The maximum Gasteiger partial charge on any atom is 0.140 e. The average molecular weight is 227 g/mol. The Bertz CT molecular complexity index is 367. The normalized spacial score (nSPS) is 34.6. The van der Waals surface area contributed by atoms with E-state index in [1.807, 2.05) is 4.68 Å². The van der Waals surface area contributed by atoms with Gasteiger partial charge in [0.1, 0.15) is 10.8 Å². The van der Waals surface area contributed by atoms with Crippen LogP contribution in [-0.4, -0.2) is 34.3 Å². The molecule has 82 valence electrons. The molecule has 0 saturated carbocycles. The summed E-state index contributed by atoms with van der Waals surface area (Å²) < 4.78 is 1.92. The van der Waals surface area contributed by atoms with Crippen LogP contribution in [-0.2, 0) is 0 Å². The van der Waals surface area contributed by atoms with Crippen molar-refractivity contribution in [2.75, 3.05) is 25.4 Å². The van der Waals surface area contributed by atoms with Gasteiger partial charge in [0.15, 0.2) is 0 Å². The molecule has 0 spiro atoms. The zero-order valence-electron chi connectivity index (χ0n) is 8.56. The lowest BCUT2D eigenvalue weighted by molar-refractivity contribution is 0.0523. The van der Waals surface area contributed by atoms with Gasteiger partial charge in [-0.3, -0.25) is 0 Å². The molecule has 1 aromatic rings. The molecule has 4 rings (SSSR count). The second-order valence-corrected chi connectivity index (χ2v) is 4.93. The van der Waals surface area contributed by atoms with Crippen LogP contribution in [0.2, 0.25) is 5.02 Å². The van der Waals surface area contributed by atoms with E-state index in [4.69, 9.17) is 17.3 Å². The molecule has 5 heteroatoms. The first-order valence-electron chi connectivity index (χ1n) is 5.46. The van der Waals surface area contributed by atoms with Crippen LogP contribution < -0.4 is 5.73 Å². The number of anilines is 1. The van der Waals surface area contributed by atoms with Crippen molar-refractivity contribution in [3.8, 4) is 0 Å². The van der Waals surface area contributed by atoms with Crippen molar-refractivity contribution in [1.29, 1.82) is 0 Å². The van der Waals surface area contributed by atoms with Crippen molar-refractivity contribution < 1.29 is 0 Å². The summed E-state index contributed by atoms with van der Waals surface area (Å²) >= 11 is 5.93. The predicted molar refractivity (Wildman–Crippen MR) is 59.9 cm³/mol. The van der Waals surface area contributed by atoms with Crippen LogP contribution in [0.1, 0.15) is 18.9 Å². The van der Waals surface area contributed by atoms with Crippen molar-refractivity contribution in [3.05, 3.63) is 11.2 Å². The molecule has 3 aliphatic heterocycles. The minimum absolute atomic E-state index is 0.431. The van der Waals surface area contributed by atoms with Crippen molar-refractivity contribution >= 4 is 17.4 Å². The third kappa shape index (κ3) is 1.43. The summed E-state index contributed by atoms with van der Waals surface area (Å²) in [6.07, 6.45) is 4.18. The zero-order valence-corrected chi connectivity index (χ0v) is 9.32. The molecule has 15 heavy (non-hydrogen) atoms. The summed E-state index contributed by atoms with van der Waals surface area (Å²) in [4.78, 5) is 2.49. The average Bonchev–Trinajstić information content (AvgIpc) is 2.61. The number of aromatic nitrogens is 2. The predicted octanol–water partition coefficient (Wildman–Crippen LogP) is 1.39. The van der Waals surface area contributed by atoms with Crippen LogP contribution in [0.15, 0.2) is 6.20 Å². The highest BCUT2D eigenvalue weighted by Gasteiger charge is 2.36. The van der Waals surface area contributed by atoms with E-state index in [-0.39, 0.29) is 0 Å². The summed E-state index contributed by atoms with van der Waals surface area (Å²) in [5, 5.41) is 4.87. The molecule has 0 aliphatic carbocycles. The van der Waals surface area contributed by atoms with Gasteiger partial charge in [0.2, 0.25) is 0 Å². The van der Waals surface area contributed by atoms with E-state index in [1.165, 1.54) is 25.9 Å². The summed E-state index contributed by atoms with van der Waals surface area (Å²) in [6, 6.07) is 0.431. The zero-order chi connectivity index (χ0) is 10.4. The maximum atomic E-state index is 5.93. The van der Waals surface area contributed by atoms with Crippen molar-refractivity contribution in [3.63, 3.8) is 0 Å². The first-order valence-corrected chi connectivity index (χ1v) is 5.84. The second kappa shape index (κ2) is 3.39. The molecule has 0 amide bonds. The van der Waals surface area contributed by atoms with E-state index in [9.17, 15) is 0 Å². The van der Waals surface area contributed by atoms with E-state index in [0.29, 0.717) is 16.9 Å².